The lowest BCUT2D eigenvalue weighted by Crippen LogP contribution is -2.25. The summed E-state index contributed by atoms with van der Waals surface area (Å²) in [4.78, 5) is 19.7. The molecule has 94 valence electrons. The van der Waals surface area contributed by atoms with E-state index in [1.165, 1.54) is 19.0 Å². The van der Waals surface area contributed by atoms with Crippen molar-refractivity contribution in [1.82, 2.24) is 15.3 Å². The van der Waals surface area contributed by atoms with Crippen LogP contribution < -0.4 is 10.6 Å². The minimum absolute atomic E-state index is 0.156. The van der Waals surface area contributed by atoms with Crippen LogP contribution in [0.4, 0.5) is 5.82 Å². The quantitative estimate of drug-likeness (QED) is 0.709. The van der Waals surface area contributed by atoms with Crippen LogP contribution in [0, 0.1) is 0 Å². The van der Waals surface area contributed by atoms with Crippen LogP contribution in [0.1, 0.15) is 43.1 Å². The van der Waals surface area contributed by atoms with Crippen LogP contribution in [0.5, 0.6) is 0 Å². The number of nitrogens with zero attached hydrogens (tertiary/aromatic N) is 2. The number of aromatic nitrogens is 2. The molecule has 2 N–H and O–H groups in total. The second-order valence-corrected chi connectivity index (χ2v) is 3.85. The van der Waals surface area contributed by atoms with Gasteiger partial charge in [-0.3, -0.25) is 4.79 Å². The summed E-state index contributed by atoms with van der Waals surface area (Å²) in [5.41, 5.74) is 0.361. The summed E-state index contributed by atoms with van der Waals surface area (Å²) in [6.07, 6.45) is 7.61. The molecule has 17 heavy (non-hydrogen) atoms. The summed E-state index contributed by atoms with van der Waals surface area (Å²) in [7, 11) is 1.76. The van der Waals surface area contributed by atoms with Crippen LogP contribution in [0.25, 0.3) is 0 Å². The van der Waals surface area contributed by atoms with Crippen LogP contribution in [0.2, 0.25) is 0 Å². The van der Waals surface area contributed by atoms with Crippen LogP contribution in [-0.2, 0) is 0 Å². The molecular weight excluding hydrogens is 216 g/mol. The summed E-state index contributed by atoms with van der Waals surface area (Å²) < 4.78 is 0. The first-order valence-corrected chi connectivity index (χ1v) is 6.06. The normalized spacial score (nSPS) is 10.0. The Morgan fingerprint density at radius 2 is 2.06 bits per heavy atom. The van der Waals surface area contributed by atoms with Gasteiger partial charge in [-0.05, 0) is 6.42 Å². The second-order valence-electron chi connectivity index (χ2n) is 3.85. The molecule has 0 aliphatic rings. The molecule has 0 atom stereocenters. The molecule has 1 aromatic heterocycles. The highest BCUT2D eigenvalue weighted by Gasteiger charge is 2.06. The fourth-order valence-corrected chi connectivity index (χ4v) is 1.42. The average molecular weight is 236 g/mol. The van der Waals surface area contributed by atoms with Gasteiger partial charge in [0.1, 0.15) is 11.5 Å². The fraction of sp³-hybridized carbons (Fsp3) is 0.583. The molecule has 0 aliphatic heterocycles. The lowest BCUT2D eigenvalue weighted by atomic mass is 10.2. The van der Waals surface area contributed by atoms with E-state index in [2.05, 4.69) is 27.5 Å². The maximum absolute atomic E-state index is 11.6. The van der Waals surface area contributed by atoms with E-state index >= 15 is 0 Å². The number of nitrogens with one attached hydrogen (secondary N) is 2. The Morgan fingerprint density at radius 1 is 1.24 bits per heavy atom. The fourth-order valence-electron chi connectivity index (χ4n) is 1.42. The lowest BCUT2D eigenvalue weighted by molar-refractivity contribution is 0.0947. The summed E-state index contributed by atoms with van der Waals surface area (Å²) in [6.45, 7) is 2.87. The van der Waals surface area contributed by atoms with Crippen LogP contribution >= 0.6 is 0 Å². The molecule has 0 aliphatic carbocycles. The molecule has 0 saturated heterocycles. The van der Waals surface area contributed by atoms with Gasteiger partial charge in [-0.15, -0.1) is 0 Å². The van der Waals surface area contributed by atoms with Crippen molar-refractivity contribution in [3.05, 3.63) is 18.1 Å². The molecule has 0 fully saturated rings. The van der Waals surface area contributed by atoms with E-state index in [0.29, 0.717) is 18.1 Å². The van der Waals surface area contributed by atoms with E-state index in [1.807, 2.05) is 0 Å². The Labute approximate surface area is 102 Å². The first kappa shape index (κ1) is 13.4. The zero-order valence-corrected chi connectivity index (χ0v) is 10.5. The van der Waals surface area contributed by atoms with Gasteiger partial charge in [0.05, 0.1) is 12.4 Å². The van der Waals surface area contributed by atoms with Gasteiger partial charge >= 0.3 is 0 Å². The monoisotopic (exact) mass is 236 g/mol. The minimum Gasteiger partial charge on any atom is -0.372 e. The first-order valence-electron chi connectivity index (χ1n) is 6.06. The Kier molecular flexibility index (Phi) is 5.99. The number of rotatable bonds is 7. The highest BCUT2D eigenvalue weighted by atomic mass is 16.1. The number of unbranched alkanes of at least 4 members (excludes halogenated alkanes) is 3. The molecule has 1 rings (SSSR count). The molecule has 0 spiro atoms. The SMILES string of the molecule is CCCCCCNC(=O)c1cnc(NC)cn1. The molecule has 0 radical (unpaired) electrons. The van der Waals surface area contributed by atoms with Gasteiger partial charge in [0.15, 0.2) is 0 Å². The summed E-state index contributed by atoms with van der Waals surface area (Å²) in [5, 5.41) is 5.69. The van der Waals surface area contributed by atoms with Gasteiger partial charge in [-0.2, -0.15) is 0 Å². The molecule has 0 saturated carbocycles. The van der Waals surface area contributed by atoms with Gasteiger partial charge in [0, 0.05) is 13.6 Å². The minimum atomic E-state index is -0.156. The number of carbonyl (C=O) groups is 1. The largest absolute Gasteiger partial charge is 0.372 e. The Morgan fingerprint density at radius 3 is 2.65 bits per heavy atom. The molecule has 5 heteroatoms. The average Bonchev–Trinajstić information content (AvgIpc) is 2.38. The third-order valence-electron chi connectivity index (χ3n) is 2.46. The predicted octanol–water partition coefficient (Wildman–Crippen LogP) is 1.83. The predicted molar refractivity (Wildman–Crippen MR) is 68.1 cm³/mol. The number of anilines is 1. The topological polar surface area (TPSA) is 66.9 Å². The smallest absolute Gasteiger partial charge is 0.271 e. The van der Waals surface area contributed by atoms with E-state index < -0.39 is 0 Å². The van der Waals surface area contributed by atoms with Crippen molar-refractivity contribution in [3.63, 3.8) is 0 Å². The third-order valence-corrected chi connectivity index (χ3v) is 2.46. The highest BCUT2D eigenvalue weighted by Crippen LogP contribution is 2.00. The summed E-state index contributed by atoms with van der Waals surface area (Å²) >= 11 is 0. The number of hydrogen-bond acceptors (Lipinski definition) is 4. The lowest BCUT2D eigenvalue weighted by Gasteiger charge is -2.04. The van der Waals surface area contributed by atoms with E-state index in [0.717, 1.165) is 12.8 Å². The number of amides is 1. The van der Waals surface area contributed by atoms with Crippen LogP contribution in [0.3, 0.4) is 0 Å². The molecule has 0 bridgehead atoms. The number of carbonyl (C=O) groups excluding carboxylic acids is 1. The molecule has 1 heterocycles. The van der Waals surface area contributed by atoms with Crippen molar-refractivity contribution < 1.29 is 4.79 Å². The molecule has 5 nitrogen and oxygen atoms in total. The van der Waals surface area contributed by atoms with Gasteiger partial charge in [-0.25, -0.2) is 9.97 Å². The summed E-state index contributed by atoms with van der Waals surface area (Å²) in [6, 6.07) is 0. The summed E-state index contributed by atoms with van der Waals surface area (Å²) in [5.74, 6) is 0.501. The second kappa shape index (κ2) is 7.60. The van der Waals surface area contributed by atoms with Crippen molar-refractivity contribution in [2.45, 2.75) is 32.6 Å². The van der Waals surface area contributed by atoms with Crippen molar-refractivity contribution in [1.29, 1.82) is 0 Å². The van der Waals surface area contributed by atoms with Gasteiger partial charge in [0.2, 0.25) is 0 Å². The van der Waals surface area contributed by atoms with E-state index in [1.54, 1.807) is 13.2 Å². The highest BCUT2D eigenvalue weighted by molar-refractivity contribution is 5.91. The van der Waals surface area contributed by atoms with Crippen molar-refractivity contribution in [3.8, 4) is 0 Å². The van der Waals surface area contributed by atoms with E-state index in [4.69, 9.17) is 0 Å². The zero-order chi connectivity index (χ0) is 12.5. The molecule has 0 aromatic carbocycles. The maximum atomic E-state index is 11.6. The van der Waals surface area contributed by atoms with E-state index in [9.17, 15) is 4.79 Å². The number of hydrogen-bond donors (Lipinski definition) is 2. The van der Waals surface area contributed by atoms with Crippen LogP contribution in [0.15, 0.2) is 12.4 Å². The molecule has 0 unspecified atom stereocenters. The Balaban J connectivity index is 2.31. The Hall–Kier alpha value is -1.65. The molecule has 1 aromatic rings. The van der Waals surface area contributed by atoms with Crippen molar-refractivity contribution in [2.24, 2.45) is 0 Å². The van der Waals surface area contributed by atoms with Crippen molar-refractivity contribution >= 4 is 11.7 Å². The van der Waals surface area contributed by atoms with Gasteiger partial charge in [0.25, 0.3) is 5.91 Å². The van der Waals surface area contributed by atoms with E-state index in [-0.39, 0.29) is 5.91 Å². The zero-order valence-electron chi connectivity index (χ0n) is 10.5. The first-order chi connectivity index (χ1) is 8.27. The van der Waals surface area contributed by atoms with Gasteiger partial charge in [-0.1, -0.05) is 26.2 Å². The molecule has 1 amide bonds. The standard InChI is InChI=1S/C12H20N4O/c1-3-4-5-6-7-14-12(17)10-8-16-11(13-2)9-15-10/h8-9H,3-7H2,1-2H3,(H,13,16)(H,14,17). The third kappa shape index (κ3) is 4.80. The Bertz CT molecular complexity index is 337. The van der Waals surface area contributed by atoms with Crippen molar-refractivity contribution in [2.75, 3.05) is 18.9 Å². The van der Waals surface area contributed by atoms with Gasteiger partial charge < -0.3 is 10.6 Å². The van der Waals surface area contributed by atoms with Crippen LogP contribution in [-0.4, -0.2) is 29.5 Å². The maximum Gasteiger partial charge on any atom is 0.271 e. The molecular formula is C12H20N4O.